The summed E-state index contributed by atoms with van der Waals surface area (Å²) in [7, 11) is -3.82. The van der Waals surface area contributed by atoms with Crippen LogP contribution >= 0.6 is 11.3 Å². The molecule has 5 nitrogen and oxygen atoms in total. The minimum Gasteiger partial charge on any atom is -0.366 e. The molecule has 0 aromatic carbocycles. The van der Waals surface area contributed by atoms with Crippen LogP contribution in [0.15, 0.2) is 15.7 Å². The van der Waals surface area contributed by atoms with Crippen LogP contribution in [0.2, 0.25) is 0 Å². The predicted octanol–water partition coefficient (Wildman–Crippen LogP) is -0.506. The van der Waals surface area contributed by atoms with E-state index in [1.165, 1.54) is 11.4 Å². The van der Waals surface area contributed by atoms with E-state index in [1.807, 2.05) is 0 Å². The van der Waals surface area contributed by atoms with Gasteiger partial charge in [0.25, 0.3) is 5.91 Å². The molecule has 66 valence electrons. The highest BCUT2D eigenvalue weighted by atomic mass is 32.2. The molecule has 0 bridgehead atoms. The molecule has 0 radical (unpaired) electrons. The Kier molecular flexibility index (Phi) is 2.18. The number of thiophene rings is 1. The molecule has 0 aliphatic heterocycles. The molecule has 0 saturated heterocycles. The van der Waals surface area contributed by atoms with Crippen molar-refractivity contribution in [2.24, 2.45) is 10.9 Å². The lowest BCUT2D eigenvalue weighted by Crippen LogP contribution is -2.18. The fourth-order valence-electron chi connectivity index (χ4n) is 0.698. The molecule has 1 aromatic heterocycles. The van der Waals surface area contributed by atoms with E-state index in [2.05, 4.69) is 0 Å². The average molecular weight is 206 g/mol. The van der Waals surface area contributed by atoms with Gasteiger partial charge >= 0.3 is 0 Å². The zero-order valence-corrected chi connectivity index (χ0v) is 7.48. The Labute approximate surface area is 73.0 Å². The molecule has 0 atom stereocenters. The first-order valence-corrected chi connectivity index (χ1v) is 5.25. The predicted molar refractivity (Wildman–Crippen MR) is 44.2 cm³/mol. The normalized spacial score (nSPS) is 11.4. The molecule has 1 rings (SSSR count). The van der Waals surface area contributed by atoms with Crippen molar-refractivity contribution in [3.8, 4) is 0 Å². The summed E-state index contributed by atoms with van der Waals surface area (Å²) < 4.78 is 21.4. The first-order chi connectivity index (χ1) is 5.43. The van der Waals surface area contributed by atoms with Gasteiger partial charge in [-0.25, -0.2) is 13.6 Å². The van der Waals surface area contributed by atoms with E-state index in [-0.39, 0.29) is 9.77 Å². The van der Waals surface area contributed by atoms with Gasteiger partial charge in [-0.3, -0.25) is 4.79 Å². The molecule has 12 heavy (non-hydrogen) atoms. The lowest BCUT2D eigenvalue weighted by molar-refractivity contribution is 0.0998. The number of hydrogen-bond donors (Lipinski definition) is 2. The van der Waals surface area contributed by atoms with Crippen molar-refractivity contribution in [3.05, 3.63) is 17.0 Å². The Morgan fingerprint density at radius 1 is 1.50 bits per heavy atom. The Morgan fingerprint density at radius 2 is 2.08 bits per heavy atom. The standard InChI is InChI=1S/C5H6N2O3S2/c6-4(8)3-1-2-11-5(3)12(7,9)10/h1-2H,(H2,6,8)(H2,7,9,10). The highest BCUT2D eigenvalue weighted by Crippen LogP contribution is 2.20. The summed E-state index contributed by atoms with van der Waals surface area (Å²) in [6.07, 6.45) is 0. The van der Waals surface area contributed by atoms with Gasteiger partial charge in [0, 0.05) is 0 Å². The second-order valence-corrected chi connectivity index (χ2v) is 4.70. The van der Waals surface area contributed by atoms with Gasteiger partial charge in [-0.1, -0.05) is 0 Å². The van der Waals surface area contributed by atoms with Crippen molar-refractivity contribution < 1.29 is 13.2 Å². The van der Waals surface area contributed by atoms with Gasteiger partial charge in [-0.2, -0.15) is 0 Å². The summed E-state index contributed by atoms with van der Waals surface area (Å²) in [5.74, 6) is -0.791. The molecule has 1 amide bonds. The van der Waals surface area contributed by atoms with Gasteiger partial charge in [0.1, 0.15) is 4.21 Å². The van der Waals surface area contributed by atoms with Crippen LogP contribution in [-0.2, 0) is 10.0 Å². The van der Waals surface area contributed by atoms with E-state index in [0.29, 0.717) is 0 Å². The van der Waals surface area contributed by atoms with Crippen LogP contribution in [0.5, 0.6) is 0 Å². The number of nitrogens with two attached hydrogens (primary N) is 2. The van der Waals surface area contributed by atoms with Crippen LogP contribution in [0.4, 0.5) is 0 Å². The van der Waals surface area contributed by atoms with Crippen molar-refractivity contribution >= 4 is 27.3 Å². The summed E-state index contributed by atoms with van der Waals surface area (Å²) in [6, 6.07) is 1.33. The van der Waals surface area contributed by atoms with Gasteiger partial charge < -0.3 is 5.73 Å². The van der Waals surface area contributed by atoms with Crippen LogP contribution in [0.3, 0.4) is 0 Å². The second-order valence-electron chi connectivity index (χ2n) is 2.03. The molecule has 7 heteroatoms. The molecular formula is C5H6N2O3S2. The summed E-state index contributed by atoms with van der Waals surface area (Å²) >= 11 is 0.871. The van der Waals surface area contributed by atoms with Gasteiger partial charge in [-0.15, -0.1) is 11.3 Å². The lowest BCUT2D eigenvalue weighted by Gasteiger charge is -1.94. The van der Waals surface area contributed by atoms with Crippen LogP contribution < -0.4 is 10.9 Å². The summed E-state index contributed by atoms with van der Waals surface area (Å²) in [4.78, 5) is 10.6. The maximum Gasteiger partial charge on any atom is 0.250 e. The van der Waals surface area contributed by atoms with Crippen LogP contribution in [0, 0.1) is 0 Å². The van der Waals surface area contributed by atoms with E-state index in [9.17, 15) is 13.2 Å². The summed E-state index contributed by atoms with van der Waals surface area (Å²) in [5, 5.41) is 6.26. The van der Waals surface area contributed by atoms with Crippen molar-refractivity contribution in [1.29, 1.82) is 0 Å². The molecule has 0 unspecified atom stereocenters. The van der Waals surface area contributed by atoms with Gasteiger partial charge in [0.2, 0.25) is 10.0 Å². The fourth-order valence-corrected chi connectivity index (χ4v) is 2.50. The smallest absolute Gasteiger partial charge is 0.250 e. The summed E-state index contributed by atoms with van der Waals surface area (Å²) in [5.41, 5.74) is 4.85. The van der Waals surface area contributed by atoms with Crippen LogP contribution in [0.25, 0.3) is 0 Å². The van der Waals surface area contributed by atoms with E-state index in [0.717, 1.165) is 11.3 Å². The Hall–Kier alpha value is -0.920. The highest BCUT2D eigenvalue weighted by Gasteiger charge is 2.18. The Balaban J connectivity index is 3.36. The molecule has 0 saturated carbocycles. The maximum atomic E-state index is 10.8. The monoisotopic (exact) mass is 206 g/mol. The van der Waals surface area contributed by atoms with E-state index in [4.69, 9.17) is 10.9 Å². The maximum absolute atomic E-state index is 10.8. The van der Waals surface area contributed by atoms with E-state index >= 15 is 0 Å². The number of rotatable bonds is 2. The van der Waals surface area contributed by atoms with Crippen molar-refractivity contribution in [1.82, 2.24) is 0 Å². The number of primary amides is 1. The van der Waals surface area contributed by atoms with Crippen molar-refractivity contribution in [2.75, 3.05) is 0 Å². The average Bonchev–Trinajstić information content (AvgIpc) is 2.30. The number of hydrogen-bond acceptors (Lipinski definition) is 4. The number of carbonyl (C=O) groups is 1. The Bertz CT molecular complexity index is 406. The van der Waals surface area contributed by atoms with Crippen molar-refractivity contribution in [3.63, 3.8) is 0 Å². The largest absolute Gasteiger partial charge is 0.366 e. The molecule has 0 aliphatic rings. The zero-order valence-electron chi connectivity index (χ0n) is 5.85. The second kappa shape index (κ2) is 2.85. The minimum atomic E-state index is -3.82. The quantitative estimate of drug-likeness (QED) is 0.681. The van der Waals surface area contributed by atoms with Gasteiger partial charge in [-0.05, 0) is 11.4 Å². The molecule has 4 N–H and O–H groups in total. The molecule has 1 heterocycles. The summed E-state index contributed by atoms with van der Waals surface area (Å²) in [6.45, 7) is 0. The number of carbonyl (C=O) groups excluding carboxylic acids is 1. The van der Waals surface area contributed by atoms with Crippen molar-refractivity contribution in [2.45, 2.75) is 4.21 Å². The SMILES string of the molecule is NC(=O)c1ccsc1S(N)(=O)=O. The molecule has 0 aliphatic carbocycles. The van der Waals surface area contributed by atoms with Gasteiger partial charge in [0.15, 0.2) is 0 Å². The third-order valence-corrected chi connectivity index (χ3v) is 3.58. The topological polar surface area (TPSA) is 103 Å². The van der Waals surface area contributed by atoms with Crippen LogP contribution in [-0.4, -0.2) is 14.3 Å². The fraction of sp³-hybridized carbons (Fsp3) is 0. The molecular weight excluding hydrogens is 200 g/mol. The van der Waals surface area contributed by atoms with Crippen LogP contribution in [0.1, 0.15) is 10.4 Å². The first kappa shape index (κ1) is 9.17. The lowest BCUT2D eigenvalue weighted by atomic mass is 10.3. The molecule has 0 fully saturated rings. The molecule has 1 aromatic rings. The van der Waals surface area contributed by atoms with E-state index in [1.54, 1.807) is 0 Å². The highest BCUT2D eigenvalue weighted by molar-refractivity contribution is 7.91. The minimum absolute atomic E-state index is 0.0532. The number of sulfonamides is 1. The Morgan fingerprint density at radius 3 is 2.42 bits per heavy atom. The number of amides is 1. The molecule has 0 spiro atoms. The third kappa shape index (κ3) is 1.63. The first-order valence-electron chi connectivity index (χ1n) is 2.83. The number of primary sulfonamides is 1. The third-order valence-electron chi connectivity index (χ3n) is 1.15. The zero-order chi connectivity index (χ0) is 9.35. The van der Waals surface area contributed by atoms with E-state index < -0.39 is 15.9 Å². The van der Waals surface area contributed by atoms with Gasteiger partial charge in [0.05, 0.1) is 5.56 Å².